The van der Waals surface area contributed by atoms with Crippen LogP contribution in [0.25, 0.3) is 22.0 Å². The molecule has 0 aliphatic heterocycles. The van der Waals surface area contributed by atoms with Crippen LogP contribution in [0.5, 0.6) is 0 Å². The van der Waals surface area contributed by atoms with Gasteiger partial charge in [-0.15, -0.1) is 0 Å². The summed E-state index contributed by atoms with van der Waals surface area (Å²) in [5.74, 6) is -0.00740. The zero-order valence-corrected chi connectivity index (χ0v) is 17.6. The number of Topliss-reactive ketones (excluding diaryl/α,β-unsaturated/α-hetero) is 1. The lowest BCUT2D eigenvalue weighted by Crippen LogP contribution is -2.22. The number of hydrogen-bond donors (Lipinski definition) is 0. The molecule has 3 aromatic rings. The van der Waals surface area contributed by atoms with E-state index in [0.29, 0.717) is 17.7 Å². The fourth-order valence-electron chi connectivity index (χ4n) is 2.70. The normalized spacial score (nSPS) is 12.2. The molecule has 0 fully saturated rings. The Morgan fingerprint density at radius 1 is 1.31 bits per heavy atom. The summed E-state index contributed by atoms with van der Waals surface area (Å²) in [6.07, 6.45) is 0. The van der Waals surface area contributed by atoms with Crippen molar-refractivity contribution in [3.63, 3.8) is 0 Å². The number of fused-ring (bicyclic) bond motifs is 3. The van der Waals surface area contributed by atoms with E-state index in [9.17, 15) is 9.59 Å². The molecule has 2 heterocycles. The van der Waals surface area contributed by atoms with Gasteiger partial charge in [-0.25, -0.2) is 9.78 Å². The number of imidazole rings is 1. The van der Waals surface area contributed by atoms with Gasteiger partial charge in [0.05, 0.1) is 10.8 Å². The number of ketones is 1. The number of para-hydroxylation sites is 1. The molecule has 2 aromatic heterocycles. The third-order valence-corrected chi connectivity index (χ3v) is 6.31. The molecule has 0 aliphatic carbocycles. The first-order valence-corrected chi connectivity index (χ1v) is 13.2. The fourth-order valence-corrected chi connectivity index (χ4v) is 3.71. The second kappa shape index (κ2) is 7.46. The lowest BCUT2D eigenvalue weighted by Gasteiger charge is -2.16. The number of halogens is 1. The van der Waals surface area contributed by atoms with Gasteiger partial charge in [-0.1, -0.05) is 47.7 Å². The van der Waals surface area contributed by atoms with E-state index in [-0.39, 0.29) is 29.2 Å². The third kappa shape index (κ3) is 3.82. The molecule has 138 valence electrons. The van der Waals surface area contributed by atoms with Gasteiger partial charge in [-0.05, 0) is 18.2 Å². The Labute approximate surface area is 160 Å². The molecule has 0 saturated carbocycles. The Morgan fingerprint density at radius 2 is 2.04 bits per heavy atom. The number of benzene rings is 1. The predicted molar refractivity (Wildman–Crippen MR) is 108 cm³/mol. The summed E-state index contributed by atoms with van der Waals surface area (Å²) in [5, 5.41) is 0.853. The monoisotopic (exact) mass is 436 g/mol. The molecule has 3 rings (SSSR count). The number of ether oxygens (including phenoxy) is 1. The Morgan fingerprint density at radius 3 is 2.73 bits per heavy atom. The SMILES string of the molecule is C[Si](C)(C)CCOCn1c(C(=O)CBr)nc2c(=O)oc3ccccc3c21. The number of aromatic nitrogens is 2. The third-order valence-electron chi connectivity index (χ3n) is 4.09. The molecule has 8 heteroatoms. The van der Waals surface area contributed by atoms with Crippen molar-refractivity contribution in [2.75, 3.05) is 11.9 Å². The van der Waals surface area contributed by atoms with Gasteiger partial charge in [-0.3, -0.25) is 9.36 Å². The molecule has 0 N–H and O–H groups in total. The van der Waals surface area contributed by atoms with E-state index in [1.807, 2.05) is 12.1 Å². The van der Waals surface area contributed by atoms with E-state index in [2.05, 4.69) is 40.6 Å². The predicted octanol–water partition coefficient (Wildman–Crippen LogP) is 4.03. The minimum atomic E-state index is -1.22. The van der Waals surface area contributed by atoms with Crippen molar-refractivity contribution in [3.05, 3.63) is 40.5 Å². The molecular weight excluding hydrogens is 416 g/mol. The molecule has 1 aromatic carbocycles. The highest BCUT2D eigenvalue weighted by Crippen LogP contribution is 2.24. The van der Waals surface area contributed by atoms with Crippen molar-refractivity contribution in [1.82, 2.24) is 9.55 Å². The molecule has 0 radical (unpaired) electrons. The molecule has 0 aliphatic rings. The lowest BCUT2D eigenvalue weighted by molar-refractivity contribution is 0.0830. The standard InChI is InChI=1S/C18H21BrN2O4Si/c1-26(2,3)9-8-24-11-21-16-12-6-4-5-7-14(12)25-18(23)15(16)20-17(21)13(22)10-19/h4-7H,8-11H2,1-3H3. The summed E-state index contributed by atoms with van der Waals surface area (Å²) in [4.78, 5) is 28.9. The largest absolute Gasteiger partial charge is 0.421 e. The fraction of sp³-hybridized carbons (Fsp3) is 0.389. The van der Waals surface area contributed by atoms with Crippen LogP contribution in [0.15, 0.2) is 33.5 Å². The average Bonchev–Trinajstić information content (AvgIpc) is 2.98. The quantitative estimate of drug-likeness (QED) is 0.183. The first-order valence-electron chi connectivity index (χ1n) is 8.41. The van der Waals surface area contributed by atoms with Crippen LogP contribution in [-0.2, 0) is 11.5 Å². The summed E-state index contributed by atoms with van der Waals surface area (Å²) in [6.45, 7) is 7.61. The van der Waals surface area contributed by atoms with Gasteiger partial charge >= 0.3 is 5.63 Å². The minimum absolute atomic E-state index is 0.120. The number of carbonyl (C=O) groups is 1. The number of carbonyl (C=O) groups excluding carboxylic acids is 1. The van der Waals surface area contributed by atoms with Crippen LogP contribution in [0.2, 0.25) is 25.7 Å². The van der Waals surface area contributed by atoms with E-state index in [0.717, 1.165) is 11.4 Å². The van der Waals surface area contributed by atoms with E-state index < -0.39 is 13.7 Å². The van der Waals surface area contributed by atoms with Crippen molar-refractivity contribution in [2.45, 2.75) is 32.4 Å². The first-order chi connectivity index (χ1) is 12.3. The van der Waals surface area contributed by atoms with E-state index >= 15 is 0 Å². The number of nitrogens with zero attached hydrogens (tertiary/aromatic N) is 2. The molecule has 0 amide bonds. The summed E-state index contributed by atoms with van der Waals surface area (Å²) in [7, 11) is -1.22. The van der Waals surface area contributed by atoms with Gasteiger partial charge in [0.1, 0.15) is 12.3 Å². The Kier molecular flexibility index (Phi) is 5.45. The summed E-state index contributed by atoms with van der Waals surface area (Å²) in [6, 6.07) is 8.25. The first kappa shape index (κ1) is 19.0. The highest BCUT2D eigenvalue weighted by atomic mass is 79.9. The Balaban J connectivity index is 2.11. The molecule has 0 atom stereocenters. The Bertz CT molecular complexity index is 1020. The molecule has 6 nitrogen and oxygen atoms in total. The van der Waals surface area contributed by atoms with Crippen LogP contribution in [0.1, 0.15) is 10.6 Å². The van der Waals surface area contributed by atoms with Crippen LogP contribution in [0.3, 0.4) is 0 Å². The highest BCUT2D eigenvalue weighted by molar-refractivity contribution is 9.09. The van der Waals surface area contributed by atoms with E-state index in [4.69, 9.17) is 9.15 Å². The van der Waals surface area contributed by atoms with Crippen LogP contribution < -0.4 is 5.63 Å². The van der Waals surface area contributed by atoms with Crippen LogP contribution in [0.4, 0.5) is 0 Å². The summed E-state index contributed by atoms with van der Waals surface area (Å²) < 4.78 is 12.9. The van der Waals surface area contributed by atoms with Crippen LogP contribution in [-0.4, -0.2) is 35.3 Å². The van der Waals surface area contributed by atoms with Gasteiger partial charge in [0.15, 0.2) is 11.3 Å². The highest BCUT2D eigenvalue weighted by Gasteiger charge is 2.22. The zero-order valence-electron chi connectivity index (χ0n) is 15.0. The second-order valence-electron chi connectivity index (χ2n) is 7.35. The maximum absolute atomic E-state index is 12.3. The van der Waals surface area contributed by atoms with Crippen molar-refractivity contribution in [3.8, 4) is 0 Å². The minimum Gasteiger partial charge on any atom is -0.421 e. The number of alkyl halides is 1. The van der Waals surface area contributed by atoms with Gasteiger partial charge < -0.3 is 9.15 Å². The number of hydrogen-bond acceptors (Lipinski definition) is 5. The van der Waals surface area contributed by atoms with Crippen molar-refractivity contribution >= 4 is 51.8 Å². The summed E-state index contributed by atoms with van der Waals surface area (Å²) >= 11 is 3.18. The second-order valence-corrected chi connectivity index (χ2v) is 13.5. The van der Waals surface area contributed by atoms with E-state index in [1.165, 1.54) is 0 Å². The van der Waals surface area contributed by atoms with Crippen molar-refractivity contribution < 1.29 is 13.9 Å². The van der Waals surface area contributed by atoms with Crippen molar-refractivity contribution in [1.29, 1.82) is 0 Å². The molecule has 0 saturated heterocycles. The Hall–Kier alpha value is -1.77. The molecule has 0 spiro atoms. The number of rotatable bonds is 7. The van der Waals surface area contributed by atoms with E-state index in [1.54, 1.807) is 16.7 Å². The van der Waals surface area contributed by atoms with Gasteiger partial charge in [-0.2, -0.15) is 0 Å². The maximum atomic E-state index is 12.3. The topological polar surface area (TPSA) is 74.3 Å². The lowest BCUT2D eigenvalue weighted by atomic mass is 10.2. The molecule has 0 unspecified atom stereocenters. The van der Waals surface area contributed by atoms with Gasteiger partial charge in [0.25, 0.3) is 0 Å². The zero-order chi connectivity index (χ0) is 18.9. The van der Waals surface area contributed by atoms with Crippen LogP contribution >= 0.6 is 15.9 Å². The maximum Gasteiger partial charge on any atom is 0.364 e. The van der Waals surface area contributed by atoms with Crippen molar-refractivity contribution in [2.24, 2.45) is 0 Å². The van der Waals surface area contributed by atoms with Gasteiger partial charge in [0, 0.05) is 20.1 Å². The molecular formula is C18H21BrN2O4Si. The molecule has 26 heavy (non-hydrogen) atoms. The summed E-state index contributed by atoms with van der Waals surface area (Å²) in [5.41, 5.74) is 0.644. The van der Waals surface area contributed by atoms with Crippen LogP contribution in [0, 0.1) is 0 Å². The smallest absolute Gasteiger partial charge is 0.364 e. The average molecular weight is 437 g/mol. The molecule has 0 bridgehead atoms. The van der Waals surface area contributed by atoms with Gasteiger partial charge in [0.2, 0.25) is 5.78 Å².